The minimum atomic E-state index is -0.626. The first-order valence-electron chi connectivity index (χ1n) is 9.59. The number of methoxy groups -OCH3 is 2. The summed E-state index contributed by atoms with van der Waals surface area (Å²) in [5.74, 6) is 2.85. The Bertz CT molecular complexity index is 747. The Kier molecular flexibility index (Phi) is 9.34. The maximum Gasteiger partial charge on any atom is 0.161 e. The molecule has 2 aromatic carbocycles. The summed E-state index contributed by atoms with van der Waals surface area (Å²) in [6.07, 6.45) is 1.98. The fraction of sp³-hybridized carbons (Fsp3) is 0.391. The lowest BCUT2D eigenvalue weighted by Crippen LogP contribution is -2.35. The zero-order valence-corrected chi connectivity index (χ0v) is 17.5. The fourth-order valence-electron chi connectivity index (χ4n) is 2.81. The molecule has 0 aliphatic heterocycles. The lowest BCUT2D eigenvalue weighted by Gasteiger charge is -2.21. The van der Waals surface area contributed by atoms with E-state index in [4.69, 9.17) is 18.9 Å². The number of ether oxygens (including phenoxy) is 4. The normalized spacial score (nSPS) is 11.8. The van der Waals surface area contributed by atoms with E-state index in [1.807, 2.05) is 60.5 Å². The maximum atomic E-state index is 10.3. The van der Waals surface area contributed by atoms with Crippen LogP contribution in [0.5, 0.6) is 23.0 Å². The fourth-order valence-corrected chi connectivity index (χ4v) is 2.81. The van der Waals surface area contributed by atoms with Crippen LogP contribution in [0.15, 0.2) is 55.1 Å². The van der Waals surface area contributed by atoms with E-state index in [2.05, 4.69) is 6.58 Å². The van der Waals surface area contributed by atoms with Gasteiger partial charge in [-0.15, -0.1) is 6.58 Å². The third-order valence-corrected chi connectivity index (χ3v) is 4.36. The van der Waals surface area contributed by atoms with Gasteiger partial charge in [-0.3, -0.25) is 0 Å². The number of aliphatic hydroxyl groups is 1. The van der Waals surface area contributed by atoms with Crippen molar-refractivity contribution in [1.29, 1.82) is 0 Å². The molecule has 0 bridgehead atoms. The van der Waals surface area contributed by atoms with Crippen LogP contribution < -0.4 is 18.9 Å². The van der Waals surface area contributed by atoms with Gasteiger partial charge in [-0.05, 0) is 55.4 Å². The van der Waals surface area contributed by atoms with Crippen molar-refractivity contribution in [3.63, 3.8) is 0 Å². The van der Waals surface area contributed by atoms with Crippen LogP contribution in [-0.4, -0.2) is 63.7 Å². The molecule has 0 unspecified atom stereocenters. The second-order valence-electron chi connectivity index (χ2n) is 6.73. The second-order valence-corrected chi connectivity index (χ2v) is 6.73. The van der Waals surface area contributed by atoms with Gasteiger partial charge in [-0.2, -0.15) is 0 Å². The number of benzene rings is 2. The van der Waals surface area contributed by atoms with Crippen LogP contribution in [0.1, 0.15) is 5.56 Å². The lowest BCUT2D eigenvalue weighted by atomic mass is 10.1. The minimum Gasteiger partial charge on any atom is -0.497 e. The van der Waals surface area contributed by atoms with Gasteiger partial charge in [0.1, 0.15) is 30.8 Å². The van der Waals surface area contributed by atoms with Crippen molar-refractivity contribution in [3.8, 4) is 23.0 Å². The summed E-state index contributed by atoms with van der Waals surface area (Å²) in [4.78, 5) is 2.00. The largest absolute Gasteiger partial charge is 0.497 e. The van der Waals surface area contributed by atoms with Crippen LogP contribution >= 0.6 is 0 Å². The van der Waals surface area contributed by atoms with Crippen molar-refractivity contribution in [2.75, 3.05) is 47.6 Å². The van der Waals surface area contributed by atoms with E-state index >= 15 is 0 Å². The molecule has 0 spiro atoms. The topological polar surface area (TPSA) is 60.4 Å². The molecule has 1 N–H and O–H groups in total. The van der Waals surface area contributed by atoms with Crippen molar-refractivity contribution in [2.45, 2.75) is 12.5 Å². The standard InChI is InChI=1S/C23H31NO5/c1-5-6-18-7-12-22(23(15-18)27-4)29-17-19(25)16-24(2)13-14-28-21-10-8-20(26-3)9-11-21/h5,7-12,15,19,25H,1,6,13-14,16-17H2,2-4H3/t19-/m1/s1. The zero-order chi connectivity index (χ0) is 21.1. The predicted octanol–water partition coefficient (Wildman–Crippen LogP) is 3.18. The number of hydrogen-bond acceptors (Lipinski definition) is 6. The van der Waals surface area contributed by atoms with E-state index in [0.717, 1.165) is 23.5 Å². The van der Waals surface area contributed by atoms with Gasteiger partial charge >= 0.3 is 0 Å². The first kappa shape index (κ1) is 22.6. The van der Waals surface area contributed by atoms with E-state index in [9.17, 15) is 5.11 Å². The molecular weight excluding hydrogens is 370 g/mol. The molecule has 29 heavy (non-hydrogen) atoms. The molecular formula is C23H31NO5. The number of allylic oxidation sites excluding steroid dienone is 1. The first-order valence-corrected chi connectivity index (χ1v) is 9.59. The number of likely N-dealkylation sites (N-methyl/N-ethyl adjacent to an activating group) is 1. The van der Waals surface area contributed by atoms with Crippen molar-refractivity contribution >= 4 is 0 Å². The van der Waals surface area contributed by atoms with Crippen LogP contribution in [0.25, 0.3) is 0 Å². The van der Waals surface area contributed by atoms with Crippen LogP contribution in [-0.2, 0) is 6.42 Å². The maximum absolute atomic E-state index is 10.3. The average Bonchev–Trinajstić information content (AvgIpc) is 2.73. The molecule has 0 saturated heterocycles. The average molecular weight is 402 g/mol. The molecule has 6 nitrogen and oxygen atoms in total. The van der Waals surface area contributed by atoms with Gasteiger partial charge in [0, 0.05) is 13.1 Å². The highest BCUT2D eigenvalue weighted by atomic mass is 16.5. The summed E-state index contributed by atoms with van der Waals surface area (Å²) in [5.41, 5.74) is 1.10. The van der Waals surface area contributed by atoms with Crippen molar-refractivity contribution in [1.82, 2.24) is 4.90 Å². The molecule has 6 heteroatoms. The number of nitrogens with zero attached hydrogens (tertiary/aromatic N) is 1. The van der Waals surface area contributed by atoms with Gasteiger partial charge in [0.25, 0.3) is 0 Å². The molecule has 0 aliphatic carbocycles. The summed E-state index contributed by atoms with van der Waals surface area (Å²) < 4.78 is 22.0. The van der Waals surface area contributed by atoms with Crippen LogP contribution in [0.3, 0.4) is 0 Å². The van der Waals surface area contributed by atoms with Crippen molar-refractivity contribution < 1.29 is 24.1 Å². The predicted molar refractivity (Wildman–Crippen MR) is 114 cm³/mol. The zero-order valence-electron chi connectivity index (χ0n) is 17.5. The molecule has 0 heterocycles. The van der Waals surface area contributed by atoms with E-state index in [-0.39, 0.29) is 6.61 Å². The van der Waals surface area contributed by atoms with Gasteiger partial charge in [-0.1, -0.05) is 12.1 Å². The van der Waals surface area contributed by atoms with Gasteiger partial charge in [0.15, 0.2) is 11.5 Å². The molecule has 0 amide bonds. The SMILES string of the molecule is C=CCc1ccc(OC[C@H](O)CN(C)CCOc2ccc(OC)cc2)c(OC)c1. The highest BCUT2D eigenvalue weighted by Crippen LogP contribution is 2.28. The summed E-state index contributed by atoms with van der Waals surface area (Å²) in [6, 6.07) is 13.2. The molecule has 0 radical (unpaired) electrons. The summed E-state index contributed by atoms with van der Waals surface area (Å²) in [7, 11) is 5.17. The molecule has 158 valence electrons. The molecule has 1 atom stereocenters. The Hall–Kier alpha value is -2.70. The van der Waals surface area contributed by atoms with Gasteiger partial charge in [-0.25, -0.2) is 0 Å². The van der Waals surface area contributed by atoms with Crippen LogP contribution in [0, 0.1) is 0 Å². The van der Waals surface area contributed by atoms with Gasteiger partial charge in [0.2, 0.25) is 0 Å². The Labute approximate surface area is 173 Å². The quantitative estimate of drug-likeness (QED) is 0.520. The molecule has 2 aromatic rings. The summed E-state index contributed by atoms with van der Waals surface area (Å²) in [6.45, 7) is 5.61. The monoisotopic (exact) mass is 401 g/mol. The minimum absolute atomic E-state index is 0.181. The van der Waals surface area contributed by atoms with E-state index in [1.165, 1.54) is 0 Å². The van der Waals surface area contributed by atoms with E-state index in [1.54, 1.807) is 14.2 Å². The first-order chi connectivity index (χ1) is 14.0. The highest BCUT2D eigenvalue weighted by molar-refractivity contribution is 5.43. The molecule has 0 aliphatic rings. The Balaban J connectivity index is 1.72. The van der Waals surface area contributed by atoms with E-state index in [0.29, 0.717) is 31.2 Å². The molecule has 0 saturated carbocycles. The van der Waals surface area contributed by atoms with Crippen molar-refractivity contribution in [2.24, 2.45) is 0 Å². The Morgan fingerprint density at radius 3 is 2.38 bits per heavy atom. The van der Waals surface area contributed by atoms with Crippen LogP contribution in [0.4, 0.5) is 0 Å². The number of hydrogen-bond donors (Lipinski definition) is 1. The van der Waals surface area contributed by atoms with Crippen LogP contribution in [0.2, 0.25) is 0 Å². The lowest BCUT2D eigenvalue weighted by molar-refractivity contribution is 0.0712. The van der Waals surface area contributed by atoms with Crippen molar-refractivity contribution in [3.05, 3.63) is 60.7 Å². The smallest absolute Gasteiger partial charge is 0.161 e. The van der Waals surface area contributed by atoms with Gasteiger partial charge < -0.3 is 29.0 Å². The summed E-state index contributed by atoms with van der Waals surface area (Å²) >= 11 is 0. The Morgan fingerprint density at radius 2 is 1.72 bits per heavy atom. The number of rotatable bonds is 13. The van der Waals surface area contributed by atoms with Gasteiger partial charge in [0.05, 0.1) is 14.2 Å². The third-order valence-electron chi connectivity index (χ3n) is 4.36. The highest BCUT2D eigenvalue weighted by Gasteiger charge is 2.12. The Morgan fingerprint density at radius 1 is 1.00 bits per heavy atom. The third kappa shape index (κ3) is 7.68. The number of aliphatic hydroxyl groups excluding tert-OH is 1. The molecule has 0 aromatic heterocycles. The summed E-state index contributed by atoms with van der Waals surface area (Å²) in [5, 5.41) is 10.3. The van der Waals surface area contributed by atoms with E-state index < -0.39 is 6.10 Å². The molecule has 2 rings (SSSR count). The molecule has 0 fully saturated rings. The second kappa shape index (κ2) is 12.0.